The molecule has 1 heterocycles. The molecule has 1 aromatic rings. The molecule has 0 N–H and O–H groups in total. The summed E-state index contributed by atoms with van der Waals surface area (Å²) in [7, 11) is -3.91. The zero-order chi connectivity index (χ0) is 15.4. The Bertz CT molecular complexity index is 755. The summed E-state index contributed by atoms with van der Waals surface area (Å²) in [5, 5.41) is 10.8. The predicted octanol–water partition coefficient (Wildman–Crippen LogP) is 1.45. The van der Waals surface area contributed by atoms with E-state index in [1.165, 1.54) is 0 Å². The molecule has 1 aliphatic carbocycles. The van der Waals surface area contributed by atoms with Gasteiger partial charge in [0.15, 0.2) is 0 Å². The van der Waals surface area contributed by atoms with Crippen LogP contribution in [-0.4, -0.2) is 35.9 Å². The lowest BCUT2D eigenvalue weighted by Crippen LogP contribution is -2.36. The fourth-order valence-electron chi connectivity index (χ4n) is 2.39. The van der Waals surface area contributed by atoms with E-state index in [4.69, 9.17) is 0 Å². The number of nitrogens with zero attached hydrogens (tertiary/aromatic N) is 2. The van der Waals surface area contributed by atoms with Crippen LogP contribution in [0.1, 0.15) is 23.2 Å². The number of rotatable bonds is 4. The summed E-state index contributed by atoms with van der Waals surface area (Å²) < 4.78 is 25.6. The average Bonchev–Trinajstić information content (AvgIpc) is 3.20. The van der Waals surface area contributed by atoms with Gasteiger partial charge in [-0.1, -0.05) is 0 Å². The maximum Gasteiger partial charge on any atom is 0.270 e. The zero-order valence-corrected chi connectivity index (χ0v) is 12.6. The van der Waals surface area contributed by atoms with E-state index < -0.39 is 20.9 Å². The molecule has 0 unspecified atom stereocenters. The van der Waals surface area contributed by atoms with Crippen molar-refractivity contribution in [1.29, 1.82) is 0 Å². The number of hydrogen-bond donors (Lipinski definition) is 1. The van der Waals surface area contributed by atoms with Crippen LogP contribution in [0.2, 0.25) is 0 Å². The van der Waals surface area contributed by atoms with Crippen molar-refractivity contribution in [3.8, 4) is 0 Å². The van der Waals surface area contributed by atoms with Crippen LogP contribution in [0, 0.1) is 15.5 Å². The van der Waals surface area contributed by atoms with E-state index in [1.54, 1.807) is 0 Å². The first-order chi connectivity index (χ1) is 9.81. The molecule has 1 saturated carbocycles. The quantitative estimate of drug-likeness (QED) is 0.512. The van der Waals surface area contributed by atoms with Crippen LogP contribution in [-0.2, 0) is 10.0 Å². The zero-order valence-electron chi connectivity index (χ0n) is 10.9. The van der Waals surface area contributed by atoms with Gasteiger partial charge in [-0.2, -0.15) is 12.6 Å². The molecule has 1 fully saturated rings. The number of nitro groups is 1. The molecule has 1 aromatic carbocycles. The smallest absolute Gasteiger partial charge is 0.268 e. The van der Waals surface area contributed by atoms with Gasteiger partial charge in [-0.25, -0.2) is 12.7 Å². The van der Waals surface area contributed by atoms with Crippen LogP contribution in [0.15, 0.2) is 23.1 Å². The third-order valence-electron chi connectivity index (χ3n) is 3.97. The Morgan fingerprint density at radius 2 is 2.05 bits per heavy atom. The molecule has 3 rings (SSSR count). The van der Waals surface area contributed by atoms with Crippen molar-refractivity contribution in [2.75, 3.05) is 12.3 Å². The van der Waals surface area contributed by atoms with E-state index in [-0.39, 0.29) is 28.1 Å². The molecule has 21 heavy (non-hydrogen) atoms. The largest absolute Gasteiger partial charge is 0.270 e. The SMILES string of the molecule is O=C1c2cc([N+](=O)[O-])ccc2S(=O)(=O)N1CC1(CS)CC1. The Hall–Kier alpha value is -1.61. The highest BCUT2D eigenvalue weighted by molar-refractivity contribution is 7.90. The van der Waals surface area contributed by atoms with Crippen molar-refractivity contribution in [2.45, 2.75) is 17.7 Å². The van der Waals surface area contributed by atoms with Gasteiger partial charge in [-0.15, -0.1) is 0 Å². The molecule has 0 saturated heterocycles. The highest BCUT2D eigenvalue weighted by Crippen LogP contribution is 2.49. The van der Waals surface area contributed by atoms with E-state index >= 15 is 0 Å². The summed E-state index contributed by atoms with van der Waals surface area (Å²) in [4.78, 5) is 22.3. The number of hydrogen-bond acceptors (Lipinski definition) is 6. The lowest BCUT2D eigenvalue weighted by atomic mass is 10.1. The van der Waals surface area contributed by atoms with E-state index in [0.29, 0.717) is 5.75 Å². The fourth-order valence-corrected chi connectivity index (χ4v) is 4.47. The Morgan fingerprint density at radius 3 is 2.57 bits per heavy atom. The van der Waals surface area contributed by atoms with Crippen molar-refractivity contribution in [1.82, 2.24) is 4.31 Å². The maximum atomic E-state index is 12.4. The second-order valence-corrected chi connectivity index (χ2v) is 7.56. The molecule has 0 atom stereocenters. The van der Waals surface area contributed by atoms with E-state index in [0.717, 1.165) is 35.3 Å². The Kier molecular flexibility index (Phi) is 3.03. The summed E-state index contributed by atoms with van der Waals surface area (Å²) in [6.45, 7) is 0.0835. The Morgan fingerprint density at radius 1 is 1.38 bits per heavy atom. The van der Waals surface area contributed by atoms with Crippen LogP contribution in [0.3, 0.4) is 0 Å². The van der Waals surface area contributed by atoms with E-state index in [1.807, 2.05) is 0 Å². The van der Waals surface area contributed by atoms with Gasteiger partial charge in [0.25, 0.3) is 21.6 Å². The highest BCUT2D eigenvalue weighted by atomic mass is 32.2. The Labute approximate surface area is 126 Å². The normalized spacial score (nSPS) is 21.2. The summed E-state index contributed by atoms with van der Waals surface area (Å²) in [6.07, 6.45) is 1.65. The highest BCUT2D eigenvalue weighted by Gasteiger charge is 2.50. The number of nitro benzene ring substituents is 1. The lowest BCUT2D eigenvalue weighted by Gasteiger charge is -2.20. The number of carbonyl (C=O) groups is 1. The van der Waals surface area contributed by atoms with Crippen LogP contribution < -0.4 is 0 Å². The van der Waals surface area contributed by atoms with Crippen LogP contribution >= 0.6 is 12.6 Å². The molecular weight excluding hydrogens is 316 g/mol. The van der Waals surface area contributed by atoms with Crippen molar-refractivity contribution < 1.29 is 18.1 Å². The molecule has 9 heteroatoms. The molecule has 112 valence electrons. The molecule has 0 bridgehead atoms. The number of non-ortho nitro benzene ring substituents is 1. The van der Waals surface area contributed by atoms with Crippen LogP contribution in [0.4, 0.5) is 5.69 Å². The topological polar surface area (TPSA) is 97.6 Å². The molecular formula is C12H12N2O5S2. The van der Waals surface area contributed by atoms with Gasteiger partial charge in [-0.3, -0.25) is 14.9 Å². The minimum absolute atomic E-state index is 0.0835. The summed E-state index contributed by atoms with van der Waals surface area (Å²) >= 11 is 4.21. The average molecular weight is 328 g/mol. The molecule has 7 nitrogen and oxygen atoms in total. The van der Waals surface area contributed by atoms with Crippen molar-refractivity contribution in [3.63, 3.8) is 0 Å². The summed E-state index contributed by atoms with van der Waals surface area (Å²) in [5.74, 6) is -0.190. The number of amides is 1. The number of carbonyl (C=O) groups excluding carboxylic acids is 1. The maximum absolute atomic E-state index is 12.4. The van der Waals surface area contributed by atoms with Gasteiger partial charge in [0.2, 0.25) is 0 Å². The number of benzene rings is 1. The van der Waals surface area contributed by atoms with Gasteiger partial charge in [-0.05, 0) is 30.1 Å². The molecule has 0 aromatic heterocycles. The predicted molar refractivity (Wildman–Crippen MR) is 76.8 cm³/mol. The first-order valence-electron chi connectivity index (χ1n) is 6.27. The standard InChI is InChI=1S/C12H12N2O5S2/c15-11-9-5-8(14(16)17)1-2-10(9)21(18,19)13(11)6-12(7-20)3-4-12/h1-2,5,20H,3-4,6-7H2. The van der Waals surface area contributed by atoms with Gasteiger partial charge in [0.1, 0.15) is 4.90 Å². The fraction of sp³-hybridized carbons (Fsp3) is 0.417. The minimum atomic E-state index is -3.91. The summed E-state index contributed by atoms with van der Waals surface area (Å²) in [5.41, 5.74) is -0.673. The lowest BCUT2D eigenvalue weighted by molar-refractivity contribution is -0.384. The molecule has 0 radical (unpaired) electrons. The second kappa shape index (κ2) is 4.44. The number of thiol groups is 1. The van der Waals surface area contributed by atoms with E-state index in [9.17, 15) is 23.3 Å². The van der Waals surface area contributed by atoms with Gasteiger partial charge < -0.3 is 0 Å². The minimum Gasteiger partial charge on any atom is -0.268 e. The van der Waals surface area contributed by atoms with Crippen molar-refractivity contribution >= 4 is 34.2 Å². The van der Waals surface area contributed by atoms with E-state index in [2.05, 4.69) is 12.6 Å². The number of sulfonamides is 1. The molecule has 0 spiro atoms. The van der Waals surface area contributed by atoms with Gasteiger partial charge in [0.05, 0.1) is 10.5 Å². The van der Waals surface area contributed by atoms with Crippen molar-refractivity contribution in [3.05, 3.63) is 33.9 Å². The van der Waals surface area contributed by atoms with Crippen LogP contribution in [0.5, 0.6) is 0 Å². The summed E-state index contributed by atoms with van der Waals surface area (Å²) in [6, 6.07) is 3.25. The third-order valence-corrected chi connectivity index (χ3v) is 6.43. The van der Waals surface area contributed by atoms with Gasteiger partial charge >= 0.3 is 0 Å². The molecule has 2 aliphatic rings. The first-order valence-corrected chi connectivity index (χ1v) is 8.34. The Balaban J connectivity index is 2.04. The number of fused-ring (bicyclic) bond motifs is 1. The second-order valence-electron chi connectivity index (χ2n) is 5.41. The molecule has 1 amide bonds. The van der Waals surface area contributed by atoms with Crippen LogP contribution in [0.25, 0.3) is 0 Å². The third kappa shape index (κ3) is 2.11. The molecule has 1 aliphatic heterocycles. The monoisotopic (exact) mass is 328 g/mol. The first kappa shape index (κ1) is 14.3. The van der Waals surface area contributed by atoms with Crippen molar-refractivity contribution in [2.24, 2.45) is 5.41 Å². The van der Waals surface area contributed by atoms with Gasteiger partial charge in [0, 0.05) is 18.7 Å².